The minimum atomic E-state index is -0.220. The molecule has 0 aliphatic carbocycles. The van der Waals surface area contributed by atoms with Gasteiger partial charge in [0.25, 0.3) is 0 Å². The van der Waals surface area contributed by atoms with Crippen molar-refractivity contribution < 1.29 is 4.79 Å². The Morgan fingerprint density at radius 3 is 2.40 bits per heavy atom. The molecule has 0 atom stereocenters. The molecule has 0 radical (unpaired) electrons. The molecule has 0 heterocycles. The van der Waals surface area contributed by atoms with Crippen molar-refractivity contribution in [2.24, 2.45) is 5.73 Å². The van der Waals surface area contributed by atoms with E-state index in [9.17, 15) is 4.79 Å². The van der Waals surface area contributed by atoms with E-state index >= 15 is 0 Å². The molecular formula is C12H17NOS. The number of amides is 1. The average Bonchev–Trinajstić information content (AvgIpc) is 2.10. The third kappa shape index (κ3) is 4.88. The van der Waals surface area contributed by atoms with Crippen molar-refractivity contribution in [2.75, 3.05) is 5.75 Å². The van der Waals surface area contributed by atoms with E-state index in [1.165, 1.54) is 16.7 Å². The van der Waals surface area contributed by atoms with E-state index in [1.54, 1.807) is 11.8 Å². The second-order valence-corrected chi connectivity index (χ2v) is 4.87. The molecule has 0 aliphatic rings. The first-order chi connectivity index (χ1) is 7.08. The topological polar surface area (TPSA) is 43.1 Å². The summed E-state index contributed by atoms with van der Waals surface area (Å²) in [5, 5.41) is 0. The normalized spacial score (nSPS) is 10.3. The fourth-order valence-electron chi connectivity index (χ4n) is 1.52. The number of rotatable bonds is 5. The number of carbonyl (C=O) groups is 1. The summed E-state index contributed by atoms with van der Waals surface area (Å²) in [5.41, 5.74) is 8.97. The maximum Gasteiger partial charge on any atom is 0.218 e. The Labute approximate surface area is 95.2 Å². The number of primary amides is 1. The summed E-state index contributed by atoms with van der Waals surface area (Å²) < 4.78 is 0. The van der Waals surface area contributed by atoms with Crippen LogP contribution in [0.4, 0.5) is 0 Å². The molecule has 0 spiro atoms. The lowest BCUT2D eigenvalue weighted by molar-refractivity contribution is -0.117. The van der Waals surface area contributed by atoms with Crippen LogP contribution in [0.5, 0.6) is 0 Å². The van der Waals surface area contributed by atoms with Crippen molar-refractivity contribution in [1.82, 2.24) is 0 Å². The molecule has 0 saturated heterocycles. The Morgan fingerprint density at radius 1 is 1.27 bits per heavy atom. The second-order valence-electron chi connectivity index (χ2n) is 3.76. The molecule has 82 valence electrons. The lowest BCUT2D eigenvalue weighted by Gasteiger charge is -2.04. The second kappa shape index (κ2) is 5.81. The van der Waals surface area contributed by atoms with Gasteiger partial charge in [0.1, 0.15) is 0 Å². The lowest BCUT2D eigenvalue weighted by Crippen LogP contribution is -2.10. The third-order valence-electron chi connectivity index (χ3n) is 2.04. The first-order valence-corrected chi connectivity index (χ1v) is 6.16. The Morgan fingerprint density at radius 2 is 1.87 bits per heavy atom. The maximum absolute atomic E-state index is 10.5. The number of aryl methyl sites for hydroxylation is 2. The van der Waals surface area contributed by atoms with Crippen molar-refractivity contribution in [1.29, 1.82) is 0 Å². The minimum Gasteiger partial charge on any atom is -0.370 e. The van der Waals surface area contributed by atoms with E-state index in [1.807, 2.05) is 0 Å². The Kier molecular flexibility index (Phi) is 4.69. The number of hydrogen-bond acceptors (Lipinski definition) is 2. The average molecular weight is 223 g/mol. The molecule has 1 rings (SSSR count). The lowest BCUT2D eigenvalue weighted by atomic mass is 10.1. The molecule has 2 nitrogen and oxygen atoms in total. The van der Waals surface area contributed by atoms with Gasteiger partial charge in [-0.1, -0.05) is 29.3 Å². The van der Waals surface area contributed by atoms with Gasteiger partial charge in [-0.2, -0.15) is 11.8 Å². The molecule has 1 amide bonds. The molecule has 1 aromatic carbocycles. The molecule has 0 aliphatic heterocycles. The summed E-state index contributed by atoms with van der Waals surface area (Å²) in [6.45, 7) is 4.20. The smallest absolute Gasteiger partial charge is 0.218 e. The number of nitrogens with two attached hydrogens (primary N) is 1. The molecule has 0 fully saturated rings. The van der Waals surface area contributed by atoms with Crippen LogP contribution < -0.4 is 5.73 Å². The monoisotopic (exact) mass is 223 g/mol. The van der Waals surface area contributed by atoms with Gasteiger partial charge in [0.05, 0.1) is 0 Å². The standard InChI is InChI=1S/C12H17NOS/c1-9-5-10(2)7-11(6-9)8-15-4-3-12(13)14/h5-7H,3-4,8H2,1-2H3,(H2,13,14). The van der Waals surface area contributed by atoms with E-state index in [-0.39, 0.29) is 5.91 Å². The molecule has 0 saturated carbocycles. The van der Waals surface area contributed by atoms with Crippen molar-refractivity contribution in [3.63, 3.8) is 0 Å². The summed E-state index contributed by atoms with van der Waals surface area (Å²) >= 11 is 1.75. The van der Waals surface area contributed by atoms with E-state index in [2.05, 4.69) is 32.0 Å². The Bertz CT molecular complexity index is 329. The maximum atomic E-state index is 10.5. The Hall–Kier alpha value is -0.960. The van der Waals surface area contributed by atoms with Crippen molar-refractivity contribution in [3.8, 4) is 0 Å². The van der Waals surface area contributed by atoms with Crippen molar-refractivity contribution >= 4 is 17.7 Å². The summed E-state index contributed by atoms with van der Waals surface area (Å²) in [7, 11) is 0. The van der Waals surface area contributed by atoms with E-state index in [0.717, 1.165) is 11.5 Å². The van der Waals surface area contributed by atoms with Crippen LogP contribution in [-0.4, -0.2) is 11.7 Å². The highest BCUT2D eigenvalue weighted by Gasteiger charge is 1.98. The highest BCUT2D eigenvalue weighted by atomic mass is 32.2. The molecule has 3 heteroatoms. The van der Waals surface area contributed by atoms with Gasteiger partial charge in [-0.3, -0.25) is 4.79 Å². The quantitative estimate of drug-likeness (QED) is 0.779. The van der Waals surface area contributed by atoms with Crippen LogP contribution in [0.15, 0.2) is 18.2 Å². The van der Waals surface area contributed by atoms with Crippen molar-refractivity contribution in [2.45, 2.75) is 26.0 Å². The highest BCUT2D eigenvalue weighted by Crippen LogP contribution is 2.16. The van der Waals surface area contributed by atoms with E-state index < -0.39 is 0 Å². The van der Waals surface area contributed by atoms with Crippen LogP contribution in [0, 0.1) is 13.8 Å². The van der Waals surface area contributed by atoms with E-state index in [0.29, 0.717) is 6.42 Å². The first-order valence-electron chi connectivity index (χ1n) is 5.01. The summed E-state index contributed by atoms with van der Waals surface area (Å²) in [5.74, 6) is 1.54. The van der Waals surface area contributed by atoms with Crippen LogP contribution in [-0.2, 0) is 10.5 Å². The fraction of sp³-hybridized carbons (Fsp3) is 0.417. The SMILES string of the molecule is Cc1cc(C)cc(CSCCC(N)=O)c1. The Balaban J connectivity index is 2.40. The third-order valence-corrected chi connectivity index (χ3v) is 3.07. The summed E-state index contributed by atoms with van der Waals surface area (Å²) in [6, 6.07) is 6.53. The van der Waals surface area contributed by atoms with Crippen LogP contribution >= 0.6 is 11.8 Å². The number of benzene rings is 1. The van der Waals surface area contributed by atoms with Gasteiger partial charge in [-0.15, -0.1) is 0 Å². The predicted molar refractivity (Wildman–Crippen MR) is 65.9 cm³/mol. The van der Waals surface area contributed by atoms with Gasteiger partial charge < -0.3 is 5.73 Å². The predicted octanol–water partition coefficient (Wildman–Crippen LogP) is 2.41. The molecule has 2 N–H and O–H groups in total. The largest absolute Gasteiger partial charge is 0.370 e. The zero-order chi connectivity index (χ0) is 11.3. The van der Waals surface area contributed by atoms with Crippen molar-refractivity contribution in [3.05, 3.63) is 34.9 Å². The van der Waals surface area contributed by atoms with Crippen LogP contribution in [0.2, 0.25) is 0 Å². The van der Waals surface area contributed by atoms with Gasteiger partial charge in [0.2, 0.25) is 5.91 Å². The number of thioether (sulfide) groups is 1. The van der Waals surface area contributed by atoms with Gasteiger partial charge in [0.15, 0.2) is 0 Å². The van der Waals surface area contributed by atoms with Gasteiger partial charge >= 0.3 is 0 Å². The fourth-order valence-corrected chi connectivity index (χ4v) is 2.41. The van der Waals surface area contributed by atoms with Crippen LogP contribution in [0.25, 0.3) is 0 Å². The zero-order valence-corrected chi connectivity index (χ0v) is 10.1. The summed E-state index contributed by atoms with van der Waals surface area (Å²) in [4.78, 5) is 10.5. The van der Waals surface area contributed by atoms with Gasteiger partial charge in [-0.05, 0) is 19.4 Å². The van der Waals surface area contributed by atoms with Gasteiger partial charge in [-0.25, -0.2) is 0 Å². The molecule has 0 unspecified atom stereocenters. The minimum absolute atomic E-state index is 0.220. The molecule has 0 bridgehead atoms. The summed E-state index contributed by atoms with van der Waals surface area (Å²) in [6.07, 6.45) is 0.468. The number of carbonyl (C=O) groups excluding carboxylic acids is 1. The first kappa shape index (κ1) is 12.1. The number of hydrogen-bond donors (Lipinski definition) is 1. The highest BCUT2D eigenvalue weighted by molar-refractivity contribution is 7.98. The van der Waals surface area contributed by atoms with E-state index in [4.69, 9.17) is 5.73 Å². The zero-order valence-electron chi connectivity index (χ0n) is 9.25. The van der Waals surface area contributed by atoms with Crippen LogP contribution in [0.3, 0.4) is 0 Å². The van der Waals surface area contributed by atoms with Crippen LogP contribution in [0.1, 0.15) is 23.1 Å². The molecule has 15 heavy (non-hydrogen) atoms. The molecule has 0 aromatic heterocycles. The molecular weight excluding hydrogens is 206 g/mol. The molecule has 1 aromatic rings. The van der Waals surface area contributed by atoms with Gasteiger partial charge in [0, 0.05) is 17.9 Å².